The molecular weight excluding hydrogens is 454 g/mol. The van der Waals surface area contributed by atoms with Gasteiger partial charge >= 0.3 is 0 Å². The number of aromatic nitrogens is 5. The molecule has 10 nitrogen and oxygen atoms in total. The predicted octanol–water partition coefficient (Wildman–Crippen LogP) is 2.97. The molecule has 3 heterocycles. The zero-order chi connectivity index (χ0) is 23.3. The van der Waals surface area contributed by atoms with Gasteiger partial charge in [-0.15, -0.1) is 16.4 Å². The number of rotatable bonds is 7. The molecule has 1 N–H and O–H groups in total. The first-order valence-corrected chi connectivity index (χ1v) is 11.5. The van der Waals surface area contributed by atoms with E-state index in [1.54, 1.807) is 7.05 Å². The summed E-state index contributed by atoms with van der Waals surface area (Å²) < 4.78 is 7.38. The first-order chi connectivity index (χ1) is 16.7. The molecule has 1 aliphatic heterocycles. The molecule has 5 rings (SSSR count). The van der Waals surface area contributed by atoms with E-state index in [2.05, 4.69) is 31.0 Å². The Labute approximate surface area is 199 Å². The molecule has 4 aromatic rings. The Kier molecular flexibility index (Phi) is 6.25. The van der Waals surface area contributed by atoms with Gasteiger partial charge in [0.1, 0.15) is 5.75 Å². The number of carbonyl (C=O) groups excluding carboxylic acids is 1. The minimum atomic E-state index is -0.545. The lowest BCUT2D eigenvalue weighted by atomic mass is 10.0. The Morgan fingerprint density at radius 2 is 2.06 bits per heavy atom. The molecule has 0 radical (unpaired) electrons. The zero-order valence-electron chi connectivity index (χ0n) is 18.3. The number of nitrogens with one attached hydrogen (secondary N) is 1. The van der Waals surface area contributed by atoms with Crippen molar-refractivity contribution >= 4 is 28.1 Å². The average Bonchev–Trinajstić information content (AvgIpc) is 3.50. The van der Waals surface area contributed by atoms with Crippen LogP contribution in [0.15, 0.2) is 65.1 Å². The molecule has 1 unspecified atom stereocenters. The summed E-state index contributed by atoms with van der Waals surface area (Å²) in [4.78, 5) is 22.7. The molecular formula is C23H21N7O3S. The molecule has 0 fully saturated rings. The normalized spacial score (nSPS) is 15.3. The average molecular weight is 476 g/mol. The molecule has 11 heteroatoms. The van der Waals surface area contributed by atoms with Crippen LogP contribution in [-0.4, -0.2) is 42.9 Å². The monoisotopic (exact) mass is 475 g/mol. The summed E-state index contributed by atoms with van der Waals surface area (Å²) >= 11 is 1.32. The van der Waals surface area contributed by atoms with Crippen LogP contribution in [0.4, 0.5) is 5.13 Å². The number of aryl methyl sites for hydroxylation is 2. The van der Waals surface area contributed by atoms with Crippen LogP contribution >= 0.6 is 11.3 Å². The SMILES string of the molecule is Cn1nnnc1/C(=N/OCc1csc(NC(=O)C2CCc3ccccc3O2)n1)c1ccccc1. The summed E-state index contributed by atoms with van der Waals surface area (Å²) in [7, 11) is 1.73. The van der Waals surface area contributed by atoms with Crippen LogP contribution in [0.1, 0.15) is 29.1 Å². The standard InChI is InChI=1S/C23H21N7O3S/c1-30-21(26-28-29-30)20(16-8-3-2-4-9-16)27-32-13-17-14-34-23(24-17)25-22(31)19-12-11-15-7-5-6-10-18(15)33-19/h2-10,14,19H,11-13H2,1H3,(H,24,25,31)/b27-20+. The maximum atomic E-state index is 12.7. The van der Waals surface area contributed by atoms with Crippen molar-refractivity contribution in [2.75, 3.05) is 5.32 Å². The van der Waals surface area contributed by atoms with Crippen molar-refractivity contribution in [1.29, 1.82) is 0 Å². The summed E-state index contributed by atoms with van der Waals surface area (Å²) in [5, 5.41) is 21.0. The number of anilines is 1. The zero-order valence-corrected chi connectivity index (χ0v) is 19.1. The molecule has 0 aliphatic carbocycles. The van der Waals surface area contributed by atoms with Gasteiger partial charge < -0.3 is 9.57 Å². The lowest BCUT2D eigenvalue weighted by Crippen LogP contribution is -2.35. The fourth-order valence-electron chi connectivity index (χ4n) is 3.54. The van der Waals surface area contributed by atoms with Crippen molar-refractivity contribution in [2.45, 2.75) is 25.6 Å². The number of para-hydroxylation sites is 1. The second-order valence-corrected chi connectivity index (χ2v) is 8.45. The Balaban J connectivity index is 1.22. The van der Waals surface area contributed by atoms with Crippen LogP contribution in [0.25, 0.3) is 0 Å². The van der Waals surface area contributed by atoms with Crippen LogP contribution < -0.4 is 10.1 Å². The van der Waals surface area contributed by atoms with Gasteiger partial charge in [-0.05, 0) is 34.9 Å². The van der Waals surface area contributed by atoms with Crippen molar-refractivity contribution in [3.8, 4) is 5.75 Å². The molecule has 172 valence electrons. The highest BCUT2D eigenvalue weighted by atomic mass is 32.1. The van der Waals surface area contributed by atoms with Crippen LogP contribution in [0.5, 0.6) is 5.75 Å². The topological polar surface area (TPSA) is 116 Å². The highest BCUT2D eigenvalue weighted by molar-refractivity contribution is 7.13. The van der Waals surface area contributed by atoms with Crippen LogP contribution in [0.2, 0.25) is 0 Å². The van der Waals surface area contributed by atoms with Gasteiger partial charge in [0, 0.05) is 18.0 Å². The number of tetrazole rings is 1. The Morgan fingerprint density at radius 1 is 1.24 bits per heavy atom. The smallest absolute Gasteiger partial charge is 0.267 e. The van der Waals surface area contributed by atoms with Crippen LogP contribution in [0.3, 0.4) is 0 Å². The number of ether oxygens (including phenoxy) is 1. The van der Waals surface area contributed by atoms with Crippen LogP contribution in [-0.2, 0) is 29.7 Å². The number of fused-ring (bicyclic) bond motifs is 1. The van der Waals surface area contributed by atoms with Crippen molar-refractivity contribution in [1.82, 2.24) is 25.2 Å². The Hall–Kier alpha value is -4.12. The lowest BCUT2D eigenvalue weighted by Gasteiger charge is -2.24. The number of hydrogen-bond donors (Lipinski definition) is 1. The quantitative estimate of drug-likeness (QED) is 0.323. The molecule has 1 aliphatic rings. The van der Waals surface area contributed by atoms with E-state index in [1.807, 2.05) is 60.0 Å². The van der Waals surface area contributed by atoms with Gasteiger partial charge in [0.25, 0.3) is 5.91 Å². The fourth-order valence-corrected chi connectivity index (χ4v) is 4.23. The molecule has 2 aromatic heterocycles. The first kappa shape index (κ1) is 21.7. The summed E-state index contributed by atoms with van der Waals surface area (Å²) in [6.07, 6.45) is 0.878. The first-order valence-electron chi connectivity index (χ1n) is 10.7. The van der Waals surface area contributed by atoms with E-state index >= 15 is 0 Å². The number of amides is 1. The number of oxime groups is 1. The van der Waals surface area contributed by atoms with Gasteiger partial charge in [-0.1, -0.05) is 53.7 Å². The van der Waals surface area contributed by atoms with Gasteiger partial charge in [-0.3, -0.25) is 10.1 Å². The third kappa shape index (κ3) is 4.79. The van der Waals surface area contributed by atoms with Gasteiger partial charge in [0.05, 0.1) is 5.69 Å². The summed E-state index contributed by atoms with van der Waals surface area (Å²) in [6, 6.07) is 17.3. The third-order valence-electron chi connectivity index (χ3n) is 5.24. The molecule has 0 saturated heterocycles. The number of thiazole rings is 1. The van der Waals surface area contributed by atoms with Crippen molar-refractivity contribution in [3.05, 3.63) is 82.6 Å². The van der Waals surface area contributed by atoms with Crippen molar-refractivity contribution < 1.29 is 14.4 Å². The maximum absolute atomic E-state index is 12.7. The molecule has 0 bridgehead atoms. The predicted molar refractivity (Wildman–Crippen MR) is 126 cm³/mol. The largest absolute Gasteiger partial charge is 0.480 e. The minimum Gasteiger partial charge on any atom is -0.480 e. The maximum Gasteiger partial charge on any atom is 0.267 e. The second-order valence-electron chi connectivity index (χ2n) is 7.59. The number of carbonyl (C=O) groups is 1. The molecule has 0 saturated carbocycles. The summed E-state index contributed by atoms with van der Waals surface area (Å²) in [6.45, 7) is 0.126. The molecule has 34 heavy (non-hydrogen) atoms. The van der Waals surface area contributed by atoms with Crippen molar-refractivity contribution in [2.24, 2.45) is 12.2 Å². The van der Waals surface area contributed by atoms with E-state index in [0.717, 1.165) is 23.3 Å². The Morgan fingerprint density at radius 3 is 2.88 bits per heavy atom. The highest BCUT2D eigenvalue weighted by Crippen LogP contribution is 2.28. The van der Waals surface area contributed by atoms with E-state index in [1.165, 1.54) is 16.0 Å². The van der Waals surface area contributed by atoms with Gasteiger partial charge in [-0.25, -0.2) is 9.67 Å². The third-order valence-corrected chi connectivity index (χ3v) is 6.05. The summed E-state index contributed by atoms with van der Waals surface area (Å²) in [5.74, 6) is 1.02. The number of nitrogens with zero attached hydrogens (tertiary/aromatic N) is 6. The number of benzene rings is 2. The molecule has 1 amide bonds. The molecule has 0 spiro atoms. The fraction of sp³-hybridized carbons (Fsp3) is 0.217. The van der Waals surface area contributed by atoms with Crippen molar-refractivity contribution in [3.63, 3.8) is 0 Å². The highest BCUT2D eigenvalue weighted by Gasteiger charge is 2.26. The van der Waals surface area contributed by atoms with E-state index in [9.17, 15) is 4.79 Å². The van der Waals surface area contributed by atoms with E-state index < -0.39 is 6.10 Å². The van der Waals surface area contributed by atoms with Crippen LogP contribution in [0, 0.1) is 0 Å². The number of hydrogen-bond acceptors (Lipinski definition) is 9. The molecule has 2 aromatic carbocycles. The lowest BCUT2D eigenvalue weighted by molar-refractivity contribution is -0.123. The van der Waals surface area contributed by atoms with E-state index in [4.69, 9.17) is 9.57 Å². The van der Waals surface area contributed by atoms with Gasteiger partial charge in [0.2, 0.25) is 5.82 Å². The molecule has 1 atom stereocenters. The van der Waals surface area contributed by atoms with Gasteiger partial charge in [-0.2, -0.15) is 0 Å². The van der Waals surface area contributed by atoms with Gasteiger partial charge in [0.15, 0.2) is 23.6 Å². The second kappa shape index (κ2) is 9.79. The van der Waals surface area contributed by atoms with E-state index in [0.29, 0.717) is 28.8 Å². The summed E-state index contributed by atoms with van der Waals surface area (Å²) in [5.41, 5.74) is 3.09. The van der Waals surface area contributed by atoms with E-state index in [-0.39, 0.29) is 12.5 Å². The Bertz CT molecular complexity index is 1320. The minimum absolute atomic E-state index is 0.126.